The molecule has 2 unspecified atom stereocenters. The molecule has 0 fully saturated rings. The Morgan fingerprint density at radius 2 is 1.85 bits per heavy atom. The van der Waals surface area contributed by atoms with E-state index in [0.29, 0.717) is 12.0 Å². The summed E-state index contributed by atoms with van der Waals surface area (Å²) in [6, 6.07) is 8.12. The summed E-state index contributed by atoms with van der Waals surface area (Å²) in [5, 5.41) is 2.69. The van der Waals surface area contributed by atoms with E-state index in [1.165, 1.54) is 14.2 Å². The maximum Gasteiger partial charge on any atom is 0.333 e. The van der Waals surface area contributed by atoms with E-state index in [4.69, 9.17) is 9.47 Å². The fraction of sp³-hybridized carbons (Fsp3) is 0.467. The summed E-state index contributed by atoms with van der Waals surface area (Å²) < 4.78 is 9.99. The molecule has 1 aromatic carbocycles. The Morgan fingerprint density at radius 3 is 2.30 bits per heavy atom. The zero-order chi connectivity index (χ0) is 15.2. The number of esters is 1. The Bertz CT molecular complexity index is 454. The summed E-state index contributed by atoms with van der Waals surface area (Å²) in [6.07, 6.45) is 0.498. The predicted octanol–water partition coefficient (Wildman–Crippen LogP) is 1.83. The predicted molar refractivity (Wildman–Crippen MR) is 75.0 cm³/mol. The van der Waals surface area contributed by atoms with Gasteiger partial charge < -0.3 is 14.8 Å². The highest BCUT2D eigenvalue weighted by Crippen LogP contribution is 2.19. The van der Waals surface area contributed by atoms with Gasteiger partial charge in [0.15, 0.2) is 6.04 Å². The van der Waals surface area contributed by atoms with Gasteiger partial charge in [-0.2, -0.15) is 0 Å². The molecule has 0 spiro atoms. The highest BCUT2D eigenvalue weighted by atomic mass is 16.5. The summed E-state index contributed by atoms with van der Waals surface area (Å²) in [5.74, 6) is -0.860. The zero-order valence-electron chi connectivity index (χ0n) is 12.3. The van der Waals surface area contributed by atoms with E-state index in [2.05, 4.69) is 5.32 Å². The fourth-order valence-electron chi connectivity index (χ4n) is 1.72. The molecule has 0 aliphatic heterocycles. The lowest BCUT2D eigenvalue weighted by atomic mass is 10.00. The standard InChI is InChI=1S/C15H21NO4/c1-5-15(2,20-4)14(18)16-12(13(17)19-3)11-9-7-6-8-10-11/h6-10,12H,5H2,1-4H3,(H,16,18). The van der Waals surface area contributed by atoms with Gasteiger partial charge in [0, 0.05) is 7.11 Å². The van der Waals surface area contributed by atoms with Crippen LogP contribution in [0.3, 0.4) is 0 Å². The minimum atomic E-state index is -0.971. The molecule has 0 aliphatic carbocycles. The van der Waals surface area contributed by atoms with Crippen LogP contribution in [0.4, 0.5) is 0 Å². The topological polar surface area (TPSA) is 64.6 Å². The third-order valence-electron chi connectivity index (χ3n) is 3.45. The van der Waals surface area contributed by atoms with Gasteiger partial charge in [-0.25, -0.2) is 4.79 Å². The van der Waals surface area contributed by atoms with E-state index in [0.717, 1.165) is 0 Å². The van der Waals surface area contributed by atoms with Crippen LogP contribution in [0.5, 0.6) is 0 Å². The van der Waals surface area contributed by atoms with E-state index in [-0.39, 0.29) is 5.91 Å². The highest BCUT2D eigenvalue weighted by molar-refractivity contribution is 5.90. The van der Waals surface area contributed by atoms with Gasteiger partial charge in [-0.3, -0.25) is 4.79 Å². The number of nitrogens with one attached hydrogen (secondary N) is 1. The number of methoxy groups -OCH3 is 2. The van der Waals surface area contributed by atoms with Crippen LogP contribution in [0, 0.1) is 0 Å². The molecule has 1 N–H and O–H groups in total. The van der Waals surface area contributed by atoms with Gasteiger partial charge in [-0.15, -0.1) is 0 Å². The van der Waals surface area contributed by atoms with Crippen LogP contribution in [-0.4, -0.2) is 31.7 Å². The second-order valence-electron chi connectivity index (χ2n) is 4.63. The molecule has 1 amide bonds. The van der Waals surface area contributed by atoms with Gasteiger partial charge in [0.05, 0.1) is 7.11 Å². The largest absolute Gasteiger partial charge is 0.467 e. The number of rotatable bonds is 6. The van der Waals surface area contributed by atoms with Gasteiger partial charge in [0.2, 0.25) is 0 Å². The molecule has 0 bridgehead atoms. The molecule has 0 saturated carbocycles. The summed E-state index contributed by atoms with van der Waals surface area (Å²) in [7, 11) is 2.76. The molecular formula is C15H21NO4. The van der Waals surface area contributed by atoms with Gasteiger partial charge in [0.1, 0.15) is 5.60 Å². The van der Waals surface area contributed by atoms with Crippen molar-refractivity contribution in [3.8, 4) is 0 Å². The van der Waals surface area contributed by atoms with E-state index in [1.54, 1.807) is 31.2 Å². The molecule has 0 aromatic heterocycles. The quantitative estimate of drug-likeness (QED) is 0.807. The molecule has 5 nitrogen and oxygen atoms in total. The van der Waals surface area contributed by atoms with Gasteiger partial charge in [-0.05, 0) is 18.9 Å². The van der Waals surface area contributed by atoms with Crippen molar-refractivity contribution in [3.63, 3.8) is 0 Å². The van der Waals surface area contributed by atoms with Gasteiger partial charge in [-0.1, -0.05) is 37.3 Å². The number of hydrogen-bond acceptors (Lipinski definition) is 4. The third kappa shape index (κ3) is 3.57. The van der Waals surface area contributed by atoms with Crippen molar-refractivity contribution in [2.45, 2.75) is 31.9 Å². The van der Waals surface area contributed by atoms with Crippen LogP contribution in [0.15, 0.2) is 30.3 Å². The van der Waals surface area contributed by atoms with Crippen molar-refractivity contribution in [2.24, 2.45) is 0 Å². The van der Waals surface area contributed by atoms with E-state index in [9.17, 15) is 9.59 Å². The Morgan fingerprint density at radius 1 is 1.25 bits per heavy atom. The maximum absolute atomic E-state index is 12.3. The Kier molecular flexibility index (Phi) is 5.70. The van der Waals surface area contributed by atoms with E-state index >= 15 is 0 Å². The van der Waals surface area contributed by atoms with Crippen molar-refractivity contribution < 1.29 is 19.1 Å². The zero-order valence-corrected chi connectivity index (χ0v) is 12.3. The van der Waals surface area contributed by atoms with Crippen molar-refractivity contribution in [1.29, 1.82) is 0 Å². The van der Waals surface area contributed by atoms with Crippen molar-refractivity contribution in [1.82, 2.24) is 5.32 Å². The Balaban J connectivity index is 2.98. The molecule has 0 aliphatic rings. The minimum Gasteiger partial charge on any atom is -0.467 e. The lowest BCUT2D eigenvalue weighted by Crippen LogP contribution is -2.48. The van der Waals surface area contributed by atoms with Crippen LogP contribution >= 0.6 is 0 Å². The van der Waals surface area contributed by atoms with Crippen LogP contribution in [0.2, 0.25) is 0 Å². The van der Waals surface area contributed by atoms with E-state index < -0.39 is 17.6 Å². The van der Waals surface area contributed by atoms with Gasteiger partial charge >= 0.3 is 5.97 Å². The summed E-state index contributed by atoms with van der Waals surface area (Å²) >= 11 is 0. The molecule has 0 saturated heterocycles. The molecule has 110 valence electrons. The SMILES string of the molecule is CCC(C)(OC)C(=O)NC(C(=O)OC)c1ccccc1. The average Bonchev–Trinajstić information content (AvgIpc) is 2.51. The first-order valence-corrected chi connectivity index (χ1v) is 6.47. The first kappa shape index (κ1) is 16.2. The van der Waals surface area contributed by atoms with Crippen molar-refractivity contribution >= 4 is 11.9 Å². The number of amides is 1. The first-order chi connectivity index (χ1) is 9.48. The monoisotopic (exact) mass is 279 g/mol. The second kappa shape index (κ2) is 7.05. The number of hydrogen-bond donors (Lipinski definition) is 1. The van der Waals surface area contributed by atoms with Crippen molar-refractivity contribution in [2.75, 3.05) is 14.2 Å². The third-order valence-corrected chi connectivity index (χ3v) is 3.45. The van der Waals surface area contributed by atoms with Crippen LogP contribution in [0.25, 0.3) is 0 Å². The highest BCUT2D eigenvalue weighted by Gasteiger charge is 2.34. The number of carbonyl (C=O) groups excluding carboxylic acids is 2. The molecule has 1 rings (SSSR count). The Labute approximate surface area is 119 Å². The normalized spacial score (nSPS) is 15.0. The fourth-order valence-corrected chi connectivity index (χ4v) is 1.72. The van der Waals surface area contributed by atoms with Crippen LogP contribution in [0.1, 0.15) is 31.9 Å². The molecule has 2 atom stereocenters. The summed E-state index contributed by atoms with van der Waals surface area (Å²) in [4.78, 5) is 24.2. The average molecular weight is 279 g/mol. The van der Waals surface area contributed by atoms with Crippen molar-refractivity contribution in [3.05, 3.63) is 35.9 Å². The number of benzene rings is 1. The minimum absolute atomic E-state index is 0.346. The molecule has 0 heterocycles. The molecule has 5 heteroatoms. The van der Waals surface area contributed by atoms with Gasteiger partial charge in [0.25, 0.3) is 5.91 Å². The van der Waals surface area contributed by atoms with E-state index in [1.807, 2.05) is 13.0 Å². The smallest absolute Gasteiger partial charge is 0.333 e. The van der Waals surface area contributed by atoms with Crippen LogP contribution in [-0.2, 0) is 19.1 Å². The summed E-state index contributed by atoms with van der Waals surface area (Å²) in [5.41, 5.74) is -0.302. The molecular weight excluding hydrogens is 258 g/mol. The maximum atomic E-state index is 12.3. The molecule has 0 radical (unpaired) electrons. The lowest BCUT2D eigenvalue weighted by Gasteiger charge is -2.27. The second-order valence-corrected chi connectivity index (χ2v) is 4.63. The van der Waals surface area contributed by atoms with Crippen LogP contribution < -0.4 is 5.32 Å². The molecule has 20 heavy (non-hydrogen) atoms. The Hall–Kier alpha value is -1.88. The summed E-state index contributed by atoms with van der Waals surface area (Å²) in [6.45, 7) is 3.53. The number of ether oxygens (including phenoxy) is 2. The number of carbonyl (C=O) groups is 2. The molecule has 1 aromatic rings. The lowest BCUT2D eigenvalue weighted by molar-refractivity contribution is -0.150. The first-order valence-electron chi connectivity index (χ1n) is 6.47.